The number of aryl methyl sites for hydroxylation is 1. The van der Waals surface area contributed by atoms with Crippen LogP contribution in [0.25, 0.3) is 11.1 Å². The maximum atomic E-state index is 13.4. The summed E-state index contributed by atoms with van der Waals surface area (Å²) in [5.41, 5.74) is 6.18. The maximum Gasteiger partial charge on any atom is 0.253 e. The van der Waals surface area contributed by atoms with Crippen molar-refractivity contribution in [1.82, 2.24) is 10.2 Å². The van der Waals surface area contributed by atoms with Crippen LogP contribution in [0.3, 0.4) is 0 Å². The van der Waals surface area contributed by atoms with Crippen LogP contribution in [0.4, 0.5) is 5.69 Å². The molecule has 0 unspecified atom stereocenters. The van der Waals surface area contributed by atoms with Crippen molar-refractivity contribution in [3.63, 3.8) is 0 Å². The summed E-state index contributed by atoms with van der Waals surface area (Å²) in [5.74, 6) is 3.67. The molecule has 5 aliphatic rings. The molecule has 1 N–H and O–H groups in total. The van der Waals surface area contributed by atoms with Crippen LogP contribution in [0.5, 0.6) is 5.75 Å². The largest absolute Gasteiger partial charge is 0.494 e. The Morgan fingerprint density at radius 1 is 0.841 bits per heavy atom. The van der Waals surface area contributed by atoms with Gasteiger partial charge in [0, 0.05) is 49.5 Å². The van der Waals surface area contributed by atoms with Gasteiger partial charge in [-0.3, -0.25) is 9.59 Å². The van der Waals surface area contributed by atoms with Crippen LogP contribution in [0.1, 0.15) is 71.7 Å². The van der Waals surface area contributed by atoms with Crippen LogP contribution in [0.2, 0.25) is 0 Å². The van der Waals surface area contributed by atoms with Crippen molar-refractivity contribution < 1.29 is 14.3 Å². The number of hydrogen-bond acceptors (Lipinski definition) is 4. The van der Waals surface area contributed by atoms with Gasteiger partial charge in [0.05, 0.1) is 6.61 Å². The summed E-state index contributed by atoms with van der Waals surface area (Å²) >= 11 is 0. The SMILES string of the molecule is CCOc1cccc(-c2ccc(C(=O)N3CCN(c4ccc(C(=O)NCC56CC7CC(CC(C7)C5)C6)cc4)CC3)cc2C)c1. The zero-order valence-corrected chi connectivity index (χ0v) is 26.2. The van der Waals surface area contributed by atoms with Crippen molar-refractivity contribution in [2.75, 3.05) is 44.2 Å². The van der Waals surface area contributed by atoms with E-state index in [1.165, 1.54) is 38.5 Å². The van der Waals surface area contributed by atoms with Crippen molar-refractivity contribution in [3.05, 3.63) is 83.4 Å². The Balaban J connectivity index is 0.922. The third kappa shape index (κ3) is 5.83. The number of amides is 2. The van der Waals surface area contributed by atoms with Crippen molar-refractivity contribution in [2.24, 2.45) is 23.2 Å². The van der Waals surface area contributed by atoms with Crippen LogP contribution in [0.15, 0.2) is 66.7 Å². The molecule has 1 heterocycles. The number of ether oxygens (including phenoxy) is 1. The van der Waals surface area contributed by atoms with E-state index < -0.39 is 0 Å². The average molecular weight is 592 g/mol. The summed E-state index contributed by atoms with van der Waals surface area (Å²) in [6.07, 6.45) is 8.20. The van der Waals surface area contributed by atoms with Crippen LogP contribution in [-0.4, -0.2) is 56.0 Å². The lowest BCUT2D eigenvalue weighted by molar-refractivity contribution is -0.0503. The third-order valence-electron chi connectivity index (χ3n) is 10.8. The van der Waals surface area contributed by atoms with E-state index in [1.807, 2.05) is 54.3 Å². The normalized spacial score (nSPS) is 25.6. The first-order chi connectivity index (χ1) is 21.4. The van der Waals surface area contributed by atoms with Gasteiger partial charge in [-0.15, -0.1) is 0 Å². The number of rotatable bonds is 8. The smallest absolute Gasteiger partial charge is 0.253 e. The second-order valence-corrected chi connectivity index (χ2v) is 13.9. The molecular formula is C38H45N3O3. The first-order valence-electron chi connectivity index (χ1n) is 16.6. The monoisotopic (exact) mass is 591 g/mol. The minimum absolute atomic E-state index is 0.0472. The van der Waals surface area contributed by atoms with E-state index in [-0.39, 0.29) is 11.8 Å². The summed E-state index contributed by atoms with van der Waals surface area (Å²) in [6, 6.07) is 22.1. The van der Waals surface area contributed by atoms with E-state index in [4.69, 9.17) is 4.74 Å². The van der Waals surface area contributed by atoms with E-state index in [1.54, 1.807) is 0 Å². The molecule has 3 aromatic carbocycles. The highest BCUT2D eigenvalue weighted by molar-refractivity contribution is 5.96. The molecule has 1 saturated heterocycles. The number of nitrogens with zero attached hydrogens (tertiary/aromatic N) is 2. The average Bonchev–Trinajstić information content (AvgIpc) is 3.03. The van der Waals surface area contributed by atoms with Crippen molar-refractivity contribution in [1.29, 1.82) is 0 Å². The highest BCUT2D eigenvalue weighted by atomic mass is 16.5. The lowest BCUT2D eigenvalue weighted by atomic mass is 9.49. The molecule has 0 spiro atoms. The second-order valence-electron chi connectivity index (χ2n) is 13.9. The Bertz CT molecular complexity index is 1490. The van der Waals surface area contributed by atoms with Gasteiger partial charge in [0.25, 0.3) is 11.8 Å². The molecular weight excluding hydrogens is 546 g/mol. The fraction of sp³-hybridized carbons (Fsp3) is 0.474. The molecule has 4 bridgehead atoms. The van der Waals surface area contributed by atoms with Crippen LogP contribution in [0, 0.1) is 30.1 Å². The Morgan fingerprint density at radius 2 is 1.50 bits per heavy atom. The lowest BCUT2D eigenvalue weighted by Crippen LogP contribution is -2.51. The van der Waals surface area contributed by atoms with Crippen LogP contribution < -0.4 is 15.0 Å². The molecule has 4 saturated carbocycles. The zero-order chi connectivity index (χ0) is 30.3. The number of carbonyl (C=O) groups is 2. The number of piperazine rings is 1. The Labute approximate surface area is 261 Å². The standard InChI is InChI=1S/C38H45N3O3/c1-3-44-34-6-4-5-31(21-34)35-12-9-32(17-26(35)2)37(43)41-15-13-40(14-16-41)33-10-7-30(8-11-33)36(42)39-25-38-22-27-18-28(23-38)20-29(19-27)24-38/h4-12,17,21,27-29H,3,13-16,18-20,22-25H2,1-2H3,(H,39,42). The zero-order valence-electron chi connectivity index (χ0n) is 26.2. The van der Waals surface area contributed by atoms with Gasteiger partial charge >= 0.3 is 0 Å². The van der Waals surface area contributed by atoms with Gasteiger partial charge in [-0.2, -0.15) is 0 Å². The molecule has 3 aromatic rings. The molecule has 2 amide bonds. The van der Waals surface area contributed by atoms with Crippen molar-refractivity contribution in [2.45, 2.75) is 52.4 Å². The summed E-state index contributed by atoms with van der Waals surface area (Å²) in [4.78, 5) is 30.7. The number of anilines is 1. The number of nitrogens with one attached hydrogen (secondary N) is 1. The number of carbonyl (C=O) groups excluding carboxylic acids is 2. The predicted molar refractivity (Wildman–Crippen MR) is 175 cm³/mol. The van der Waals surface area contributed by atoms with Gasteiger partial charge < -0.3 is 19.9 Å². The van der Waals surface area contributed by atoms with E-state index in [0.717, 1.165) is 76.6 Å². The van der Waals surface area contributed by atoms with Gasteiger partial charge in [-0.25, -0.2) is 0 Å². The summed E-state index contributed by atoms with van der Waals surface area (Å²) in [7, 11) is 0. The molecule has 8 rings (SSSR count). The second kappa shape index (κ2) is 11.9. The van der Waals surface area contributed by atoms with Crippen LogP contribution >= 0.6 is 0 Å². The quantitative estimate of drug-likeness (QED) is 0.307. The lowest BCUT2D eigenvalue weighted by Gasteiger charge is -2.56. The predicted octanol–water partition coefficient (Wildman–Crippen LogP) is 6.97. The third-order valence-corrected chi connectivity index (χ3v) is 10.8. The fourth-order valence-electron chi connectivity index (χ4n) is 9.09. The summed E-state index contributed by atoms with van der Waals surface area (Å²) in [6.45, 7) is 8.38. The molecule has 0 atom stereocenters. The molecule has 1 aliphatic heterocycles. The molecule has 0 radical (unpaired) electrons. The molecule has 4 aliphatic carbocycles. The molecule has 44 heavy (non-hydrogen) atoms. The van der Waals surface area contributed by atoms with Gasteiger partial charge in [0.15, 0.2) is 0 Å². The minimum atomic E-state index is 0.0472. The molecule has 5 fully saturated rings. The Hall–Kier alpha value is -3.80. The molecule has 6 heteroatoms. The van der Waals surface area contributed by atoms with Crippen LogP contribution in [-0.2, 0) is 0 Å². The molecule has 0 aromatic heterocycles. The van der Waals surface area contributed by atoms with E-state index in [0.29, 0.717) is 25.1 Å². The first-order valence-corrected chi connectivity index (χ1v) is 16.6. The molecule has 230 valence electrons. The Kier molecular flexibility index (Phi) is 7.86. The van der Waals surface area contributed by atoms with Crippen molar-refractivity contribution >= 4 is 17.5 Å². The maximum absolute atomic E-state index is 13.4. The Morgan fingerprint density at radius 3 is 2.14 bits per heavy atom. The summed E-state index contributed by atoms with van der Waals surface area (Å²) < 4.78 is 5.67. The first kappa shape index (κ1) is 28.9. The topological polar surface area (TPSA) is 61.9 Å². The van der Waals surface area contributed by atoms with Crippen molar-refractivity contribution in [3.8, 4) is 16.9 Å². The number of benzene rings is 3. The van der Waals surface area contributed by atoms with E-state index in [2.05, 4.69) is 41.4 Å². The molecule has 6 nitrogen and oxygen atoms in total. The van der Waals surface area contributed by atoms with Gasteiger partial charge in [-0.05, 0) is 141 Å². The van der Waals surface area contributed by atoms with Gasteiger partial charge in [0.2, 0.25) is 0 Å². The number of hydrogen-bond donors (Lipinski definition) is 1. The highest BCUT2D eigenvalue weighted by Crippen LogP contribution is 2.59. The van der Waals surface area contributed by atoms with Gasteiger partial charge in [0.1, 0.15) is 5.75 Å². The van der Waals surface area contributed by atoms with E-state index >= 15 is 0 Å². The highest BCUT2D eigenvalue weighted by Gasteiger charge is 2.50. The fourth-order valence-corrected chi connectivity index (χ4v) is 9.09. The van der Waals surface area contributed by atoms with E-state index in [9.17, 15) is 9.59 Å². The summed E-state index contributed by atoms with van der Waals surface area (Å²) in [5, 5.41) is 3.31. The van der Waals surface area contributed by atoms with Gasteiger partial charge in [-0.1, -0.05) is 18.2 Å². The minimum Gasteiger partial charge on any atom is -0.494 e.